The Morgan fingerprint density at radius 2 is 1.70 bits per heavy atom. The van der Waals surface area contributed by atoms with Gasteiger partial charge in [0.25, 0.3) is 0 Å². The third-order valence-electron chi connectivity index (χ3n) is 7.80. The summed E-state index contributed by atoms with van der Waals surface area (Å²) in [5.74, 6) is -0.673. The van der Waals surface area contributed by atoms with E-state index >= 15 is 0 Å². The van der Waals surface area contributed by atoms with Crippen LogP contribution in [0.5, 0.6) is 17.2 Å². The van der Waals surface area contributed by atoms with E-state index in [9.17, 15) is 14.7 Å². The number of hydrogen-bond donors (Lipinski definition) is 1. The molecule has 47 heavy (non-hydrogen) atoms. The summed E-state index contributed by atoms with van der Waals surface area (Å²) in [6.07, 6.45) is 9.23. The minimum atomic E-state index is -1.21. The fourth-order valence-corrected chi connectivity index (χ4v) is 7.55. The first-order chi connectivity index (χ1) is 22.5. The van der Waals surface area contributed by atoms with E-state index in [0.29, 0.717) is 16.4 Å². The Morgan fingerprint density at radius 1 is 1.00 bits per heavy atom. The predicted octanol–water partition coefficient (Wildman–Crippen LogP) is 8.88. The van der Waals surface area contributed by atoms with Crippen LogP contribution in [-0.4, -0.2) is 24.2 Å². The molecule has 0 aliphatic heterocycles. The molecule has 240 valence electrons. The number of carbonyl (C=O) groups is 2. The van der Waals surface area contributed by atoms with Crippen LogP contribution < -0.4 is 23.4 Å². The number of aryl methyl sites for hydroxylation is 3. The van der Waals surface area contributed by atoms with E-state index in [1.165, 1.54) is 45.0 Å². The van der Waals surface area contributed by atoms with Gasteiger partial charge in [-0.05, 0) is 143 Å². The van der Waals surface area contributed by atoms with Gasteiger partial charge >= 0.3 is 11.9 Å². The molecule has 0 saturated heterocycles. The molecule has 0 spiro atoms. The second kappa shape index (κ2) is 14.6. The molecule has 0 unspecified atom stereocenters. The van der Waals surface area contributed by atoms with Crippen LogP contribution in [0.15, 0.2) is 89.9 Å². The monoisotopic (exact) mass is 728 g/mol. The number of allylic oxidation sites excluding steroid dienone is 5. The van der Waals surface area contributed by atoms with Crippen molar-refractivity contribution in [1.29, 1.82) is 0 Å². The number of benzene rings is 3. The zero-order chi connectivity index (χ0) is 33.8. The van der Waals surface area contributed by atoms with Crippen molar-refractivity contribution in [3.8, 4) is 17.2 Å². The second-order valence-electron chi connectivity index (χ2n) is 11.0. The van der Waals surface area contributed by atoms with Crippen LogP contribution in [0.1, 0.15) is 54.3 Å². The third-order valence-corrected chi connectivity index (χ3v) is 10.9. The van der Waals surface area contributed by atoms with Crippen molar-refractivity contribution in [3.05, 3.63) is 133 Å². The summed E-state index contributed by atoms with van der Waals surface area (Å²) in [5.41, 5.74) is 6.49. The van der Waals surface area contributed by atoms with Crippen LogP contribution in [0, 0.1) is 27.7 Å². The minimum Gasteiger partial charge on any atom is -0.497 e. The van der Waals surface area contributed by atoms with Crippen molar-refractivity contribution in [1.82, 2.24) is 0 Å². The van der Waals surface area contributed by atoms with E-state index in [2.05, 4.69) is 60.6 Å². The number of aromatic carboxylic acids is 1. The number of methoxy groups -OCH3 is 1. The number of esters is 1. The SMILES string of the molecule is C=C1/C=C\C=C(\c2cc(C)c(OSc3ccc(C(=O)O)c(OC(=O)c4ccc(OC)cc4)c3)c(C)c2)C/C=c2/c(C)c(C)s/c2=C/1Br. The number of fused-ring (bicyclic) bond motifs is 1. The molecule has 0 saturated carbocycles. The molecule has 1 N–H and O–H groups in total. The molecule has 6 nitrogen and oxygen atoms in total. The summed E-state index contributed by atoms with van der Waals surface area (Å²) >= 11 is 6.61. The first-order valence-corrected chi connectivity index (χ1v) is 17.0. The highest BCUT2D eigenvalue weighted by atomic mass is 79.9. The molecule has 0 amide bonds. The van der Waals surface area contributed by atoms with Gasteiger partial charge in [-0.1, -0.05) is 30.9 Å². The van der Waals surface area contributed by atoms with Gasteiger partial charge in [0.1, 0.15) is 22.8 Å². The maximum atomic E-state index is 12.8. The van der Waals surface area contributed by atoms with Gasteiger partial charge < -0.3 is 18.8 Å². The van der Waals surface area contributed by atoms with Crippen molar-refractivity contribution >= 4 is 67.4 Å². The number of halogens is 1. The lowest BCUT2D eigenvalue weighted by molar-refractivity contribution is 0.0681. The lowest BCUT2D eigenvalue weighted by Crippen LogP contribution is -2.22. The zero-order valence-corrected chi connectivity index (χ0v) is 29.8. The Morgan fingerprint density at radius 3 is 2.36 bits per heavy atom. The Kier molecular flexibility index (Phi) is 10.6. The van der Waals surface area contributed by atoms with Gasteiger partial charge in [-0.3, -0.25) is 0 Å². The quantitative estimate of drug-likeness (QED) is 0.110. The van der Waals surface area contributed by atoms with Crippen LogP contribution in [-0.2, 0) is 0 Å². The predicted molar refractivity (Wildman–Crippen MR) is 194 cm³/mol. The molecule has 1 aliphatic carbocycles. The summed E-state index contributed by atoms with van der Waals surface area (Å²) in [4.78, 5) is 26.6. The van der Waals surface area contributed by atoms with Crippen LogP contribution in [0.25, 0.3) is 16.1 Å². The topological polar surface area (TPSA) is 82.1 Å². The van der Waals surface area contributed by atoms with Crippen LogP contribution in [0.2, 0.25) is 0 Å². The van der Waals surface area contributed by atoms with Gasteiger partial charge in [-0.25, -0.2) is 9.59 Å². The van der Waals surface area contributed by atoms with Gasteiger partial charge in [0.15, 0.2) is 0 Å². The van der Waals surface area contributed by atoms with Gasteiger partial charge in [0.2, 0.25) is 0 Å². The largest absolute Gasteiger partial charge is 0.497 e. The summed E-state index contributed by atoms with van der Waals surface area (Å²) in [5, 5.41) is 10.9. The molecule has 1 aliphatic rings. The van der Waals surface area contributed by atoms with E-state index < -0.39 is 11.9 Å². The van der Waals surface area contributed by atoms with Crippen LogP contribution in [0.4, 0.5) is 0 Å². The standard InChI is InChI=1S/C38H33BrO6S2/c1-21-8-7-9-26(12-16-31-24(4)25(5)46-36(31)34(21)39)28-18-22(2)35(23(3)19-28)45-47-30-15-17-32(37(40)41)33(20-30)44-38(42)27-10-13-29(43-6)14-11-27/h7-11,13-20H,1,12H2,2-6H3,(H,40,41)/b8-7-,26-9+,31-16-,36-34-. The maximum Gasteiger partial charge on any atom is 0.343 e. The first-order valence-electron chi connectivity index (χ1n) is 14.7. The first kappa shape index (κ1) is 34.0. The van der Waals surface area contributed by atoms with Crippen molar-refractivity contribution < 1.29 is 28.4 Å². The summed E-state index contributed by atoms with van der Waals surface area (Å²) in [6.45, 7) is 12.6. The number of hydrogen-bond acceptors (Lipinski definition) is 7. The van der Waals surface area contributed by atoms with Crippen molar-refractivity contribution in [2.45, 2.75) is 39.0 Å². The number of ether oxygens (including phenoxy) is 2. The lowest BCUT2D eigenvalue weighted by Gasteiger charge is -2.15. The molecule has 3 aromatic carbocycles. The highest BCUT2D eigenvalue weighted by molar-refractivity contribution is 9.15. The number of thiophene rings is 1. The molecule has 0 bridgehead atoms. The van der Waals surface area contributed by atoms with E-state index in [1.807, 2.05) is 26.0 Å². The van der Waals surface area contributed by atoms with Crippen LogP contribution >= 0.6 is 39.3 Å². The zero-order valence-electron chi connectivity index (χ0n) is 26.6. The highest BCUT2D eigenvalue weighted by Crippen LogP contribution is 2.35. The molecular weight excluding hydrogens is 696 g/mol. The van der Waals surface area contributed by atoms with E-state index in [1.54, 1.807) is 41.7 Å². The molecule has 0 atom stereocenters. The summed E-state index contributed by atoms with van der Waals surface area (Å²) in [6, 6.07) is 15.1. The molecule has 9 heteroatoms. The molecule has 5 rings (SSSR count). The molecule has 1 aromatic heterocycles. The Bertz CT molecular complexity index is 2060. The van der Waals surface area contributed by atoms with Crippen LogP contribution in [0.3, 0.4) is 0 Å². The van der Waals surface area contributed by atoms with E-state index in [4.69, 9.17) is 13.7 Å². The molecule has 0 radical (unpaired) electrons. The minimum absolute atomic E-state index is 0.0746. The summed E-state index contributed by atoms with van der Waals surface area (Å²) in [7, 11) is 1.53. The number of carbonyl (C=O) groups excluding carboxylic acids is 1. The average Bonchev–Trinajstić information content (AvgIpc) is 3.33. The highest BCUT2D eigenvalue weighted by Gasteiger charge is 2.18. The number of carboxylic acid groups (broad SMARTS) is 1. The molecule has 1 heterocycles. The van der Waals surface area contributed by atoms with Gasteiger partial charge in [-0.15, -0.1) is 11.3 Å². The molecule has 4 aromatic rings. The fraction of sp³-hybridized carbons (Fsp3) is 0.158. The number of rotatable bonds is 8. The van der Waals surface area contributed by atoms with Gasteiger partial charge in [0, 0.05) is 13.9 Å². The Hall–Kier alpha value is -4.31. The maximum absolute atomic E-state index is 12.8. The Labute approximate surface area is 290 Å². The lowest BCUT2D eigenvalue weighted by atomic mass is 9.96. The smallest absolute Gasteiger partial charge is 0.343 e. The normalized spacial score (nSPS) is 16.6. The molecule has 0 fully saturated rings. The fourth-order valence-electron chi connectivity index (χ4n) is 5.11. The number of carboxylic acids is 1. The van der Waals surface area contributed by atoms with Gasteiger partial charge in [-0.2, -0.15) is 0 Å². The third kappa shape index (κ3) is 7.64. The van der Waals surface area contributed by atoms with Crippen molar-refractivity contribution in [2.75, 3.05) is 7.11 Å². The second-order valence-corrected chi connectivity index (χ2v) is 13.8. The van der Waals surface area contributed by atoms with Gasteiger partial charge in [0.05, 0.1) is 29.6 Å². The van der Waals surface area contributed by atoms with E-state index in [-0.39, 0.29) is 16.9 Å². The van der Waals surface area contributed by atoms with Crippen molar-refractivity contribution in [2.24, 2.45) is 0 Å². The summed E-state index contributed by atoms with van der Waals surface area (Å²) < 4.78 is 19.1. The average molecular weight is 730 g/mol. The van der Waals surface area contributed by atoms with Crippen molar-refractivity contribution in [3.63, 3.8) is 0 Å². The Balaban J connectivity index is 1.38. The molecular formula is C38H33BrO6S2. The van der Waals surface area contributed by atoms with E-state index in [0.717, 1.165) is 45.2 Å².